The van der Waals surface area contributed by atoms with Crippen molar-refractivity contribution in [1.29, 1.82) is 0 Å². The topological polar surface area (TPSA) is 110 Å². The van der Waals surface area contributed by atoms with Crippen molar-refractivity contribution in [3.05, 3.63) is 12.5 Å². The maximum absolute atomic E-state index is 11.1. The average Bonchev–Trinajstić information content (AvgIpc) is 2.27. The first-order valence-corrected chi connectivity index (χ1v) is 5.09. The van der Waals surface area contributed by atoms with Crippen LogP contribution in [0, 0.1) is 0 Å². The minimum atomic E-state index is -0.308. The zero-order valence-electron chi connectivity index (χ0n) is 9.76. The summed E-state index contributed by atoms with van der Waals surface area (Å²) in [7, 11) is 0. The van der Waals surface area contributed by atoms with E-state index in [-0.39, 0.29) is 23.6 Å². The Hall–Kier alpha value is -2.64. The molecule has 0 aromatic carbocycles. The minimum absolute atomic E-state index is 0.0810. The van der Waals surface area contributed by atoms with E-state index >= 15 is 0 Å². The lowest BCUT2D eigenvalue weighted by molar-refractivity contribution is -0.115. The van der Waals surface area contributed by atoms with Crippen LogP contribution in [0.5, 0.6) is 0 Å². The van der Waals surface area contributed by atoms with Crippen LogP contribution in [-0.4, -0.2) is 31.8 Å². The Bertz CT molecular complexity index is 627. The molecule has 0 bridgehead atoms. The van der Waals surface area contributed by atoms with Gasteiger partial charge >= 0.3 is 0 Å². The lowest BCUT2D eigenvalue weighted by Crippen LogP contribution is -2.13. The quantitative estimate of drug-likeness (QED) is 0.790. The summed E-state index contributed by atoms with van der Waals surface area (Å²) in [5.41, 5.74) is 0.340. The third-order valence-electron chi connectivity index (χ3n) is 1.96. The first-order chi connectivity index (χ1) is 8.56. The molecule has 2 N–H and O–H groups in total. The van der Waals surface area contributed by atoms with Crippen molar-refractivity contribution in [1.82, 2.24) is 19.9 Å². The van der Waals surface area contributed by atoms with E-state index in [1.165, 1.54) is 26.4 Å². The highest BCUT2D eigenvalue weighted by Crippen LogP contribution is 2.19. The Kier molecular flexibility index (Phi) is 3.09. The summed E-state index contributed by atoms with van der Waals surface area (Å²) in [6.07, 6.45) is 2.82. The van der Waals surface area contributed by atoms with Crippen LogP contribution >= 0.6 is 0 Å². The highest BCUT2D eigenvalue weighted by molar-refractivity contribution is 5.98. The smallest absolute Gasteiger partial charge is 0.233 e. The zero-order valence-corrected chi connectivity index (χ0v) is 9.76. The third kappa shape index (κ3) is 2.54. The van der Waals surface area contributed by atoms with Crippen molar-refractivity contribution in [3.63, 3.8) is 0 Å². The summed E-state index contributed by atoms with van der Waals surface area (Å²) in [5, 5.41) is 5.48. The number of hydrogen-bond donors (Lipinski definition) is 2. The summed E-state index contributed by atoms with van der Waals surface area (Å²) in [6.45, 7) is 2.70. The second kappa shape index (κ2) is 4.70. The Morgan fingerprint density at radius 1 is 1.11 bits per heavy atom. The standard InChI is InChI=1S/C10H10N6O2/c1-5(17)13-9-7-3-11-4-12-8(7)15-10(16-9)14-6(2)18/h3-4H,1-2H3,(H2,11,12,13,14,15,16,17,18). The molecule has 2 amide bonds. The molecule has 2 aromatic heterocycles. The van der Waals surface area contributed by atoms with Gasteiger partial charge in [0.15, 0.2) is 5.65 Å². The van der Waals surface area contributed by atoms with Crippen molar-refractivity contribution in [2.75, 3.05) is 10.6 Å². The lowest BCUT2D eigenvalue weighted by Gasteiger charge is -2.07. The molecule has 0 spiro atoms. The lowest BCUT2D eigenvalue weighted by atomic mass is 10.3. The Morgan fingerprint density at radius 3 is 2.50 bits per heavy atom. The number of fused-ring (bicyclic) bond motifs is 1. The molecule has 8 heteroatoms. The number of aromatic nitrogens is 4. The molecule has 0 aliphatic carbocycles. The summed E-state index contributed by atoms with van der Waals surface area (Å²) in [5.74, 6) is -0.251. The number of nitrogens with one attached hydrogen (secondary N) is 2. The molecule has 0 radical (unpaired) electrons. The normalized spacial score (nSPS) is 10.1. The van der Waals surface area contributed by atoms with Crippen molar-refractivity contribution >= 4 is 34.6 Å². The van der Waals surface area contributed by atoms with Crippen molar-refractivity contribution in [3.8, 4) is 0 Å². The van der Waals surface area contributed by atoms with Gasteiger partial charge in [0.25, 0.3) is 0 Å². The van der Waals surface area contributed by atoms with Gasteiger partial charge in [-0.15, -0.1) is 0 Å². The second-order valence-electron chi connectivity index (χ2n) is 3.52. The highest BCUT2D eigenvalue weighted by atomic mass is 16.2. The van der Waals surface area contributed by atoms with Crippen LogP contribution in [0.1, 0.15) is 13.8 Å². The number of anilines is 2. The molecule has 0 saturated heterocycles. The van der Waals surface area contributed by atoms with Gasteiger partial charge < -0.3 is 5.32 Å². The van der Waals surface area contributed by atoms with Crippen LogP contribution in [0.3, 0.4) is 0 Å². The van der Waals surface area contributed by atoms with Crippen LogP contribution in [0.2, 0.25) is 0 Å². The monoisotopic (exact) mass is 246 g/mol. The molecule has 0 unspecified atom stereocenters. The first kappa shape index (κ1) is 11.8. The summed E-state index contributed by atoms with van der Waals surface area (Å²) >= 11 is 0. The van der Waals surface area contributed by atoms with Crippen LogP contribution in [0.4, 0.5) is 11.8 Å². The number of carbonyl (C=O) groups excluding carboxylic acids is 2. The molecule has 0 aliphatic rings. The summed E-state index contributed by atoms with van der Waals surface area (Å²) in [4.78, 5) is 37.9. The molecule has 2 rings (SSSR count). The van der Waals surface area contributed by atoms with Crippen molar-refractivity contribution in [2.45, 2.75) is 13.8 Å². The maximum Gasteiger partial charge on any atom is 0.233 e. The number of hydrogen-bond acceptors (Lipinski definition) is 6. The average molecular weight is 246 g/mol. The number of carbonyl (C=O) groups is 2. The van der Waals surface area contributed by atoms with E-state index in [1.54, 1.807) is 0 Å². The largest absolute Gasteiger partial charge is 0.310 e. The van der Waals surface area contributed by atoms with Gasteiger partial charge in [0.05, 0.1) is 5.39 Å². The first-order valence-electron chi connectivity index (χ1n) is 5.09. The van der Waals surface area contributed by atoms with Crippen LogP contribution < -0.4 is 10.6 Å². The molecule has 2 aromatic rings. The van der Waals surface area contributed by atoms with Crippen LogP contribution in [-0.2, 0) is 9.59 Å². The third-order valence-corrected chi connectivity index (χ3v) is 1.96. The minimum Gasteiger partial charge on any atom is -0.310 e. The SMILES string of the molecule is CC(=O)Nc1nc(NC(C)=O)c2cncnc2n1. The van der Waals surface area contributed by atoms with E-state index in [9.17, 15) is 9.59 Å². The van der Waals surface area contributed by atoms with Gasteiger partial charge in [0, 0.05) is 20.0 Å². The molecular weight excluding hydrogens is 236 g/mol. The highest BCUT2D eigenvalue weighted by Gasteiger charge is 2.10. The predicted octanol–water partition coefficient (Wildman–Crippen LogP) is 0.337. The predicted molar refractivity (Wildman–Crippen MR) is 63.7 cm³/mol. The second-order valence-corrected chi connectivity index (χ2v) is 3.52. The van der Waals surface area contributed by atoms with Crippen molar-refractivity contribution in [2.24, 2.45) is 0 Å². The molecule has 0 fully saturated rings. The maximum atomic E-state index is 11.1. The summed E-state index contributed by atoms with van der Waals surface area (Å²) < 4.78 is 0. The Morgan fingerprint density at radius 2 is 1.83 bits per heavy atom. The molecule has 92 valence electrons. The molecule has 18 heavy (non-hydrogen) atoms. The van der Waals surface area contributed by atoms with Gasteiger partial charge in [0.1, 0.15) is 12.1 Å². The van der Waals surface area contributed by atoms with Gasteiger partial charge in [-0.05, 0) is 0 Å². The molecule has 2 heterocycles. The fourth-order valence-corrected chi connectivity index (χ4v) is 1.35. The van der Waals surface area contributed by atoms with E-state index < -0.39 is 0 Å². The zero-order chi connectivity index (χ0) is 13.1. The molecular formula is C10H10N6O2. The van der Waals surface area contributed by atoms with Gasteiger partial charge in [-0.3, -0.25) is 14.9 Å². The molecule has 8 nitrogen and oxygen atoms in total. The fourth-order valence-electron chi connectivity index (χ4n) is 1.35. The number of rotatable bonds is 2. The number of nitrogens with zero attached hydrogens (tertiary/aromatic N) is 4. The Balaban J connectivity index is 2.56. The number of amides is 2. The molecule has 0 aliphatic heterocycles. The van der Waals surface area contributed by atoms with Crippen LogP contribution in [0.25, 0.3) is 11.0 Å². The van der Waals surface area contributed by atoms with Crippen LogP contribution in [0.15, 0.2) is 12.5 Å². The van der Waals surface area contributed by atoms with Gasteiger partial charge in [-0.25, -0.2) is 9.97 Å². The van der Waals surface area contributed by atoms with E-state index in [0.717, 1.165) is 0 Å². The molecule has 0 saturated carbocycles. The van der Waals surface area contributed by atoms with E-state index in [0.29, 0.717) is 11.0 Å². The van der Waals surface area contributed by atoms with Gasteiger partial charge in [0.2, 0.25) is 17.8 Å². The Labute approximate surface area is 102 Å². The van der Waals surface area contributed by atoms with Crippen molar-refractivity contribution < 1.29 is 9.59 Å². The summed E-state index contributed by atoms with van der Waals surface area (Å²) in [6, 6.07) is 0. The molecule has 0 atom stereocenters. The van der Waals surface area contributed by atoms with E-state index in [1.807, 2.05) is 0 Å². The fraction of sp³-hybridized carbons (Fsp3) is 0.200. The van der Waals surface area contributed by atoms with Gasteiger partial charge in [-0.1, -0.05) is 0 Å². The van der Waals surface area contributed by atoms with E-state index in [4.69, 9.17) is 0 Å². The van der Waals surface area contributed by atoms with Gasteiger partial charge in [-0.2, -0.15) is 9.97 Å². The van der Waals surface area contributed by atoms with E-state index in [2.05, 4.69) is 30.6 Å².